The van der Waals surface area contributed by atoms with E-state index in [2.05, 4.69) is 53.4 Å². The molecule has 110 valence electrons. The first-order chi connectivity index (χ1) is 10.3. The number of aromatic nitrogens is 2. The third-order valence-electron chi connectivity index (χ3n) is 4.38. The van der Waals surface area contributed by atoms with Crippen molar-refractivity contribution in [3.8, 4) is 0 Å². The third-order valence-corrected chi connectivity index (χ3v) is 4.38. The maximum absolute atomic E-state index is 4.51. The van der Waals surface area contributed by atoms with Crippen LogP contribution >= 0.6 is 0 Å². The van der Waals surface area contributed by atoms with E-state index in [1.807, 2.05) is 0 Å². The van der Waals surface area contributed by atoms with E-state index in [-0.39, 0.29) is 6.04 Å². The Labute approximate surface area is 126 Å². The van der Waals surface area contributed by atoms with Crippen LogP contribution < -0.4 is 5.32 Å². The summed E-state index contributed by atoms with van der Waals surface area (Å²) in [5, 5.41) is 3.60. The maximum atomic E-state index is 4.51. The summed E-state index contributed by atoms with van der Waals surface area (Å²) in [6, 6.07) is 8.79. The van der Waals surface area contributed by atoms with Crippen LogP contribution in [0.5, 0.6) is 0 Å². The minimum atomic E-state index is 0.258. The van der Waals surface area contributed by atoms with Gasteiger partial charge in [-0.25, -0.2) is 9.97 Å². The fourth-order valence-electron chi connectivity index (χ4n) is 3.18. The molecule has 21 heavy (non-hydrogen) atoms. The highest BCUT2D eigenvalue weighted by Crippen LogP contribution is 2.27. The Morgan fingerprint density at radius 2 is 1.86 bits per heavy atom. The molecule has 0 fully saturated rings. The molecule has 3 heteroatoms. The van der Waals surface area contributed by atoms with Gasteiger partial charge < -0.3 is 5.32 Å². The zero-order valence-electron chi connectivity index (χ0n) is 12.9. The smallest absolute Gasteiger partial charge is 0.133 e. The third kappa shape index (κ3) is 3.07. The number of hydrogen-bond acceptors (Lipinski definition) is 3. The van der Waals surface area contributed by atoms with Gasteiger partial charge in [-0.1, -0.05) is 30.7 Å². The normalized spacial score (nSPS) is 15.9. The number of rotatable bonds is 3. The van der Waals surface area contributed by atoms with E-state index in [1.54, 1.807) is 6.33 Å². The minimum absolute atomic E-state index is 0.258. The highest BCUT2D eigenvalue weighted by molar-refractivity contribution is 5.49. The Morgan fingerprint density at radius 1 is 1.05 bits per heavy atom. The molecular formula is C18H23N3. The first kappa shape index (κ1) is 14.1. The Balaban J connectivity index is 1.87. The lowest BCUT2D eigenvalue weighted by molar-refractivity contribution is 0.708. The molecule has 0 saturated heterocycles. The minimum Gasteiger partial charge on any atom is -0.363 e. The second-order valence-corrected chi connectivity index (χ2v) is 5.93. The van der Waals surface area contributed by atoms with Crippen LogP contribution in [0.4, 0.5) is 5.82 Å². The average molecular weight is 281 g/mol. The molecule has 1 atom stereocenters. The van der Waals surface area contributed by atoms with Gasteiger partial charge in [0.05, 0.1) is 6.04 Å². The van der Waals surface area contributed by atoms with Crippen molar-refractivity contribution in [1.82, 2.24) is 9.97 Å². The Hall–Kier alpha value is -1.90. The van der Waals surface area contributed by atoms with Crippen molar-refractivity contribution >= 4 is 5.82 Å². The summed E-state index contributed by atoms with van der Waals surface area (Å²) < 4.78 is 0. The molecule has 1 unspecified atom stereocenters. The van der Waals surface area contributed by atoms with E-state index in [9.17, 15) is 0 Å². The molecular weight excluding hydrogens is 258 g/mol. The second-order valence-electron chi connectivity index (χ2n) is 5.93. The summed E-state index contributed by atoms with van der Waals surface area (Å²) in [6.45, 7) is 4.36. The molecule has 0 radical (unpaired) electrons. The fraction of sp³-hybridized carbons (Fsp3) is 0.444. The predicted octanol–water partition coefficient (Wildman–Crippen LogP) is 4.23. The van der Waals surface area contributed by atoms with Crippen LogP contribution in [0.25, 0.3) is 0 Å². The van der Waals surface area contributed by atoms with Gasteiger partial charge in [0, 0.05) is 11.3 Å². The van der Waals surface area contributed by atoms with Crippen molar-refractivity contribution in [2.75, 3.05) is 5.32 Å². The van der Waals surface area contributed by atoms with E-state index >= 15 is 0 Å². The van der Waals surface area contributed by atoms with Gasteiger partial charge in [-0.3, -0.25) is 0 Å². The second kappa shape index (κ2) is 6.25. The quantitative estimate of drug-likeness (QED) is 0.856. The highest BCUT2D eigenvalue weighted by Gasteiger charge is 2.16. The first-order valence-electron chi connectivity index (χ1n) is 7.90. The molecule has 0 bridgehead atoms. The van der Waals surface area contributed by atoms with Gasteiger partial charge in [0.15, 0.2) is 0 Å². The van der Waals surface area contributed by atoms with Crippen LogP contribution in [-0.2, 0) is 12.8 Å². The van der Waals surface area contributed by atoms with Crippen LogP contribution in [0.15, 0.2) is 30.6 Å². The largest absolute Gasteiger partial charge is 0.363 e. The summed E-state index contributed by atoms with van der Waals surface area (Å²) in [5.41, 5.74) is 5.22. The lowest BCUT2D eigenvalue weighted by Crippen LogP contribution is -2.12. The number of fused-ring (bicyclic) bond motifs is 1. The lowest BCUT2D eigenvalue weighted by atomic mass is 10.0. The van der Waals surface area contributed by atoms with Gasteiger partial charge in [-0.05, 0) is 50.7 Å². The summed E-state index contributed by atoms with van der Waals surface area (Å²) in [4.78, 5) is 8.99. The van der Waals surface area contributed by atoms with Gasteiger partial charge in [-0.15, -0.1) is 0 Å². The molecule has 0 spiro atoms. The molecule has 0 aliphatic heterocycles. The van der Waals surface area contributed by atoms with E-state index in [0.717, 1.165) is 18.7 Å². The maximum Gasteiger partial charge on any atom is 0.133 e. The molecule has 0 amide bonds. The van der Waals surface area contributed by atoms with Crippen molar-refractivity contribution in [3.05, 3.63) is 53.0 Å². The number of aryl methyl sites for hydroxylation is 2. The van der Waals surface area contributed by atoms with Crippen molar-refractivity contribution < 1.29 is 0 Å². The fourth-order valence-corrected chi connectivity index (χ4v) is 3.18. The van der Waals surface area contributed by atoms with Crippen molar-refractivity contribution in [1.29, 1.82) is 0 Å². The Bertz CT molecular complexity index is 622. The summed E-state index contributed by atoms with van der Waals surface area (Å²) >= 11 is 0. The molecule has 1 heterocycles. The van der Waals surface area contributed by atoms with Crippen LogP contribution in [-0.4, -0.2) is 9.97 Å². The Morgan fingerprint density at radius 3 is 2.71 bits per heavy atom. The highest BCUT2D eigenvalue weighted by atomic mass is 15.0. The first-order valence-corrected chi connectivity index (χ1v) is 7.90. The van der Waals surface area contributed by atoms with E-state index in [1.165, 1.54) is 41.6 Å². The monoisotopic (exact) mass is 281 g/mol. The number of nitrogens with zero attached hydrogens (tertiary/aromatic N) is 2. The molecule has 3 nitrogen and oxygen atoms in total. The standard InChI is InChI=1S/C18H23N3/c1-13-8-6-7-9-15(13)14(2)21-18-16-10-4-3-5-11-17(16)19-12-20-18/h6-9,12,14H,3-5,10-11H2,1-2H3,(H,19,20,21). The molecule has 0 saturated carbocycles. The van der Waals surface area contributed by atoms with Gasteiger partial charge in [-0.2, -0.15) is 0 Å². The number of nitrogens with one attached hydrogen (secondary N) is 1. The van der Waals surface area contributed by atoms with Crippen LogP contribution in [0.2, 0.25) is 0 Å². The number of hydrogen-bond donors (Lipinski definition) is 1. The molecule has 3 rings (SSSR count). The summed E-state index contributed by atoms with van der Waals surface area (Å²) in [5.74, 6) is 1.03. The average Bonchev–Trinajstić information content (AvgIpc) is 2.73. The molecule has 1 aliphatic carbocycles. The van der Waals surface area contributed by atoms with Gasteiger partial charge >= 0.3 is 0 Å². The molecule has 1 N–H and O–H groups in total. The Kier molecular flexibility index (Phi) is 4.18. The van der Waals surface area contributed by atoms with Gasteiger partial charge in [0.2, 0.25) is 0 Å². The lowest BCUT2D eigenvalue weighted by Gasteiger charge is -2.19. The van der Waals surface area contributed by atoms with Crippen molar-refractivity contribution in [3.63, 3.8) is 0 Å². The van der Waals surface area contributed by atoms with E-state index in [4.69, 9.17) is 0 Å². The van der Waals surface area contributed by atoms with Gasteiger partial charge in [0.25, 0.3) is 0 Å². The van der Waals surface area contributed by atoms with Gasteiger partial charge in [0.1, 0.15) is 12.1 Å². The predicted molar refractivity (Wildman–Crippen MR) is 86.5 cm³/mol. The summed E-state index contributed by atoms with van der Waals surface area (Å²) in [6.07, 6.45) is 7.68. The van der Waals surface area contributed by atoms with Crippen molar-refractivity contribution in [2.45, 2.75) is 52.0 Å². The number of anilines is 1. The molecule has 1 aliphatic rings. The topological polar surface area (TPSA) is 37.8 Å². The van der Waals surface area contributed by atoms with Crippen LogP contribution in [0, 0.1) is 6.92 Å². The molecule has 1 aromatic carbocycles. The molecule has 2 aromatic rings. The molecule has 1 aromatic heterocycles. The van der Waals surface area contributed by atoms with Crippen LogP contribution in [0.3, 0.4) is 0 Å². The zero-order chi connectivity index (χ0) is 14.7. The number of benzene rings is 1. The SMILES string of the molecule is Cc1ccccc1C(C)Nc1ncnc2c1CCCCC2. The zero-order valence-corrected chi connectivity index (χ0v) is 12.9. The van der Waals surface area contributed by atoms with E-state index < -0.39 is 0 Å². The van der Waals surface area contributed by atoms with Crippen molar-refractivity contribution in [2.24, 2.45) is 0 Å². The van der Waals surface area contributed by atoms with Crippen LogP contribution in [0.1, 0.15) is 54.6 Å². The van der Waals surface area contributed by atoms with E-state index in [0.29, 0.717) is 0 Å². The summed E-state index contributed by atoms with van der Waals surface area (Å²) in [7, 11) is 0.